The molecule has 0 aliphatic rings. The third-order valence-corrected chi connectivity index (χ3v) is 1.99. The van der Waals surface area contributed by atoms with Crippen molar-refractivity contribution in [3.05, 3.63) is 23.8 Å². The molecule has 0 aliphatic carbocycles. The van der Waals surface area contributed by atoms with Gasteiger partial charge in [0.2, 0.25) is 0 Å². The molecule has 0 N–H and O–H groups in total. The lowest BCUT2D eigenvalue weighted by molar-refractivity contribution is 0.404. The monoisotopic (exact) mass is 154 g/mol. The molecule has 0 saturated carbocycles. The zero-order valence-corrected chi connectivity index (χ0v) is 6.98. The van der Waals surface area contributed by atoms with E-state index in [1.54, 1.807) is 7.11 Å². The van der Waals surface area contributed by atoms with Crippen LogP contribution in [0.4, 0.5) is 0 Å². The Morgan fingerprint density at radius 3 is 2.60 bits per heavy atom. The van der Waals surface area contributed by atoms with E-state index in [-0.39, 0.29) is 0 Å². The maximum atomic E-state index is 5.05. The lowest BCUT2D eigenvalue weighted by atomic mass is 10.2. The van der Waals surface area contributed by atoms with Gasteiger partial charge in [-0.15, -0.1) is 12.6 Å². The first-order valence-electron chi connectivity index (χ1n) is 3.08. The third kappa shape index (κ3) is 1.27. The number of rotatable bonds is 1. The molecule has 1 aromatic carbocycles. The van der Waals surface area contributed by atoms with Gasteiger partial charge >= 0.3 is 0 Å². The molecular formula is C8H10OS. The first kappa shape index (κ1) is 7.48. The molecule has 1 nitrogen and oxygen atoms in total. The number of thiol groups is 1. The Labute approximate surface area is 66.4 Å². The van der Waals surface area contributed by atoms with Crippen LogP contribution in [-0.2, 0) is 0 Å². The van der Waals surface area contributed by atoms with Crippen LogP contribution in [0.1, 0.15) is 5.56 Å². The van der Waals surface area contributed by atoms with Gasteiger partial charge in [0.25, 0.3) is 0 Å². The van der Waals surface area contributed by atoms with Gasteiger partial charge in [-0.1, -0.05) is 12.1 Å². The lowest BCUT2D eigenvalue weighted by Crippen LogP contribution is -1.85. The second-order valence-corrected chi connectivity index (χ2v) is 2.57. The minimum Gasteiger partial charge on any atom is -0.496 e. The zero-order valence-electron chi connectivity index (χ0n) is 6.09. The highest BCUT2D eigenvalue weighted by Gasteiger charge is 1.98. The Morgan fingerprint density at radius 2 is 2.10 bits per heavy atom. The SMILES string of the molecule is COc1cccc(C)c1S. The zero-order chi connectivity index (χ0) is 7.56. The van der Waals surface area contributed by atoms with Crippen molar-refractivity contribution in [3.8, 4) is 5.75 Å². The Morgan fingerprint density at radius 1 is 1.40 bits per heavy atom. The minimum atomic E-state index is 0.836. The summed E-state index contributed by atoms with van der Waals surface area (Å²) in [5.74, 6) is 0.836. The van der Waals surface area contributed by atoms with Gasteiger partial charge in [0, 0.05) is 4.90 Å². The van der Waals surface area contributed by atoms with Crippen LogP contribution in [0.15, 0.2) is 23.1 Å². The van der Waals surface area contributed by atoms with Crippen LogP contribution in [0, 0.1) is 6.92 Å². The van der Waals surface area contributed by atoms with Crippen LogP contribution < -0.4 is 4.74 Å². The molecule has 0 radical (unpaired) electrons. The molecule has 0 heterocycles. The van der Waals surface area contributed by atoms with Gasteiger partial charge in [0.15, 0.2) is 0 Å². The van der Waals surface area contributed by atoms with Crippen molar-refractivity contribution in [2.45, 2.75) is 11.8 Å². The average Bonchev–Trinajstić information content (AvgIpc) is 1.95. The number of benzene rings is 1. The summed E-state index contributed by atoms with van der Waals surface area (Å²) < 4.78 is 5.05. The fraction of sp³-hybridized carbons (Fsp3) is 0.250. The van der Waals surface area contributed by atoms with E-state index >= 15 is 0 Å². The molecule has 0 amide bonds. The van der Waals surface area contributed by atoms with Crippen molar-refractivity contribution < 1.29 is 4.74 Å². The van der Waals surface area contributed by atoms with Crippen molar-refractivity contribution in [2.75, 3.05) is 7.11 Å². The van der Waals surface area contributed by atoms with Gasteiger partial charge in [-0.05, 0) is 18.6 Å². The normalized spacial score (nSPS) is 9.50. The first-order chi connectivity index (χ1) is 4.75. The largest absolute Gasteiger partial charge is 0.496 e. The van der Waals surface area contributed by atoms with Crippen molar-refractivity contribution >= 4 is 12.6 Å². The van der Waals surface area contributed by atoms with E-state index < -0.39 is 0 Å². The first-order valence-corrected chi connectivity index (χ1v) is 3.53. The quantitative estimate of drug-likeness (QED) is 0.611. The van der Waals surface area contributed by atoms with Gasteiger partial charge in [-0.2, -0.15) is 0 Å². The minimum absolute atomic E-state index is 0.836. The summed E-state index contributed by atoms with van der Waals surface area (Å²) in [6, 6.07) is 5.86. The number of hydrogen-bond donors (Lipinski definition) is 1. The van der Waals surface area contributed by atoms with Crippen LogP contribution in [0.3, 0.4) is 0 Å². The average molecular weight is 154 g/mol. The van der Waals surface area contributed by atoms with Crippen molar-refractivity contribution in [1.82, 2.24) is 0 Å². The fourth-order valence-electron chi connectivity index (χ4n) is 0.797. The van der Waals surface area contributed by atoms with E-state index in [9.17, 15) is 0 Å². The van der Waals surface area contributed by atoms with E-state index in [0.717, 1.165) is 16.2 Å². The molecule has 0 bridgehead atoms. The summed E-state index contributed by atoms with van der Waals surface area (Å²) in [6.45, 7) is 2.00. The predicted octanol–water partition coefficient (Wildman–Crippen LogP) is 2.29. The molecule has 0 aromatic heterocycles. The number of methoxy groups -OCH3 is 1. The fourth-order valence-corrected chi connectivity index (χ4v) is 1.04. The van der Waals surface area contributed by atoms with Crippen molar-refractivity contribution in [3.63, 3.8) is 0 Å². The molecule has 0 spiro atoms. The molecule has 0 saturated heterocycles. The van der Waals surface area contributed by atoms with E-state index in [2.05, 4.69) is 12.6 Å². The van der Waals surface area contributed by atoms with Gasteiger partial charge in [-0.3, -0.25) is 0 Å². The number of aryl methyl sites for hydroxylation is 1. The van der Waals surface area contributed by atoms with E-state index in [1.807, 2.05) is 25.1 Å². The van der Waals surface area contributed by atoms with Crippen LogP contribution in [0.2, 0.25) is 0 Å². The second kappa shape index (κ2) is 2.97. The molecule has 1 aromatic rings. The molecule has 0 unspecified atom stereocenters. The molecule has 0 fully saturated rings. The highest BCUT2D eigenvalue weighted by atomic mass is 32.1. The van der Waals surface area contributed by atoms with Crippen LogP contribution in [0.25, 0.3) is 0 Å². The summed E-state index contributed by atoms with van der Waals surface area (Å²) in [6.07, 6.45) is 0. The number of ether oxygens (including phenoxy) is 1. The van der Waals surface area contributed by atoms with Crippen LogP contribution in [-0.4, -0.2) is 7.11 Å². The highest BCUT2D eigenvalue weighted by Crippen LogP contribution is 2.24. The summed E-state index contributed by atoms with van der Waals surface area (Å²) in [5, 5.41) is 0. The summed E-state index contributed by atoms with van der Waals surface area (Å²) in [7, 11) is 1.65. The Hall–Kier alpha value is -0.630. The van der Waals surface area contributed by atoms with Gasteiger partial charge in [0.05, 0.1) is 7.11 Å². The molecular weight excluding hydrogens is 144 g/mol. The Kier molecular flexibility index (Phi) is 2.22. The standard InChI is InChI=1S/C8H10OS/c1-6-4-3-5-7(9-2)8(6)10/h3-5,10H,1-2H3. The molecule has 10 heavy (non-hydrogen) atoms. The van der Waals surface area contributed by atoms with E-state index in [4.69, 9.17) is 4.74 Å². The van der Waals surface area contributed by atoms with Gasteiger partial charge < -0.3 is 4.74 Å². The predicted molar refractivity (Wildman–Crippen MR) is 45.0 cm³/mol. The van der Waals surface area contributed by atoms with Crippen LogP contribution >= 0.6 is 12.6 Å². The molecule has 0 aliphatic heterocycles. The molecule has 54 valence electrons. The highest BCUT2D eigenvalue weighted by molar-refractivity contribution is 7.80. The van der Waals surface area contributed by atoms with Gasteiger partial charge in [-0.25, -0.2) is 0 Å². The number of hydrogen-bond acceptors (Lipinski definition) is 2. The molecule has 2 heteroatoms. The maximum Gasteiger partial charge on any atom is 0.132 e. The van der Waals surface area contributed by atoms with E-state index in [1.165, 1.54) is 0 Å². The smallest absolute Gasteiger partial charge is 0.132 e. The maximum absolute atomic E-state index is 5.05. The van der Waals surface area contributed by atoms with Crippen LogP contribution in [0.5, 0.6) is 5.75 Å². The Balaban J connectivity index is 3.14. The summed E-state index contributed by atoms with van der Waals surface area (Å²) in [4.78, 5) is 0.921. The molecule has 0 atom stereocenters. The van der Waals surface area contributed by atoms with E-state index in [0.29, 0.717) is 0 Å². The topological polar surface area (TPSA) is 9.23 Å². The summed E-state index contributed by atoms with van der Waals surface area (Å²) in [5.41, 5.74) is 1.14. The summed E-state index contributed by atoms with van der Waals surface area (Å²) >= 11 is 4.27. The second-order valence-electron chi connectivity index (χ2n) is 2.13. The van der Waals surface area contributed by atoms with Crippen molar-refractivity contribution in [1.29, 1.82) is 0 Å². The molecule has 1 rings (SSSR count). The van der Waals surface area contributed by atoms with Gasteiger partial charge in [0.1, 0.15) is 5.75 Å². The lowest BCUT2D eigenvalue weighted by Gasteiger charge is -2.04. The van der Waals surface area contributed by atoms with Crippen molar-refractivity contribution in [2.24, 2.45) is 0 Å². The Bertz CT molecular complexity index is 233. The third-order valence-electron chi connectivity index (χ3n) is 1.42.